The van der Waals surface area contributed by atoms with E-state index in [1.54, 1.807) is 24.3 Å². The molecule has 0 aliphatic heterocycles. The fourth-order valence-corrected chi connectivity index (χ4v) is 3.00. The lowest BCUT2D eigenvalue weighted by Gasteiger charge is -2.19. The molecule has 0 radical (unpaired) electrons. The van der Waals surface area contributed by atoms with E-state index in [9.17, 15) is 14.4 Å². The van der Waals surface area contributed by atoms with Crippen LogP contribution in [0.15, 0.2) is 71.6 Å². The predicted molar refractivity (Wildman–Crippen MR) is 104 cm³/mol. The lowest BCUT2D eigenvalue weighted by atomic mass is 9.95. The molecular formula is C21H21N3O3. The van der Waals surface area contributed by atoms with Crippen molar-refractivity contribution in [1.29, 1.82) is 0 Å². The number of hydrogen-bond acceptors (Lipinski definition) is 4. The van der Waals surface area contributed by atoms with E-state index in [-0.39, 0.29) is 23.9 Å². The van der Waals surface area contributed by atoms with E-state index in [1.165, 1.54) is 16.7 Å². The number of nitrogen functional groups attached to an aromatic ring is 1. The summed E-state index contributed by atoms with van der Waals surface area (Å²) < 4.78 is 1.28. The Labute approximate surface area is 157 Å². The van der Waals surface area contributed by atoms with Crippen LogP contribution in [0.5, 0.6) is 0 Å². The van der Waals surface area contributed by atoms with Crippen LogP contribution in [-0.4, -0.2) is 22.8 Å². The summed E-state index contributed by atoms with van der Waals surface area (Å²) in [5.74, 6) is -1.04. The lowest BCUT2D eigenvalue weighted by molar-refractivity contribution is -0.122. The Kier molecular flexibility index (Phi) is 5.66. The average Bonchev–Trinajstić information content (AvgIpc) is 2.67. The number of nitrogens with zero attached hydrogens (tertiary/aromatic N) is 1. The molecule has 0 spiro atoms. The summed E-state index contributed by atoms with van der Waals surface area (Å²) in [6, 6.07) is 12.9. The van der Waals surface area contributed by atoms with Crippen LogP contribution in [0, 0.1) is 0 Å². The maximum absolute atomic E-state index is 12.5. The number of benzene rings is 1. The largest absolute Gasteiger partial charge is 0.394 e. The number of carbonyl (C=O) groups excluding carboxylic acids is 2. The van der Waals surface area contributed by atoms with Gasteiger partial charge in [0, 0.05) is 12.2 Å². The van der Waals surface area contributed by atoms with E-state index in [1.807, 2.05) is 30.3 Å². The van der Waals surface area contributed by atoms with Crippen molar-refractivity contribution >= 4 is 17.4 Å². The molecule has 2 aromatic rings. The summed E-state index contributed by atoms with van der Waals surface area (Å²) in [5.41, 5.74) is 6.86. The Morgan fingerprint density at radius 2 is 1.85 bits per heavy atom. The average molecular weight is 363 g/mol. The molecule has 1 atom stereocenters. The summed E-state index contributed by atoms with van der Waals surface area (Å²) in [7, 11) is 0. The maximum Gasteiger partial charge on any atom is 0.274 e. The van der Waals surface area contributed by atoms with Crippen LogP contribution in [-0.2, 0) is 22.6 Å². The van der Waals surface area contributed by atoms with Crippen molar-refractivity contribution in [1.82, 2.24) is 9.88 Å². The summed E-state index contributed by atoms with van der Waals surface area (Å²) in [5, 5.41) is 2.81. The zero-order valence-electron chi connectivity index (χ0n) is 14.8. The van der Waals surface area contributed by atoms with Gasteiger partial charge < -0.3 is 15.6 Å². The minimum absolute atomic E-state index is 0.0404. The molecule has 1 aromatic heterocycles. The molecule has 1 aliphatic rings. The second-order valence-electron chi connectivity index (χ2n) is 6.31. The molecule has 27 heavy (non-hydrogen) atoms. The number of carbonyl (C=O) groups is 2. The molecule has 1 aromatic carbocycles. The number of amides is 1. The summed E-state index contributed by atoms with van der Waals surface area (Å²) in [6.45, 7) is 0.273. The number of nitrogens with one attached hydrogen (secondary N) is 1. The number of ketones is 1. The number of aromatic nitrogens is 1. The van der Waals surface area contributed by atoms with Gasteiger partial charge in [-0.2, -0.15) is 0 Å². The van der Waals surface area contributed by atoms with E-state index < -0.39 is 11.5 Å². The zero-order valence-corrected chi connectivity index (χ0v) is 14.8. The normalized spacial score (nSPS) is 15.7. The quantitative estimate of drug-likeness (QED) is 0.814. The molecule has 6 nitrogen and oxygen atoms in total. The SMILES string of the molecule is Nc1ccc(C2C=CC=CC2=O)n(CC(=O)NCCc2ccccc2)c1=O. The van der Waals surface area contributed by atoms with Crippen LogP contribution < -0.4 is 16.6 Å². The van der Waals surface area contributed by atoms with Crippen LogP contribution in [0.1, 0.15) is 17.2 Å². The third-order valence-electron chi connectivity index (χ3n) is 4.42. The van der Waals surface area contributed by atoms with Crippen molar-refractivity contribution in [3.05, 3.63) is 88.4 Å². The van der Waals surface area contributed by atoms with Gasteiger partial charge in [-0.1, -0.05) is 48.6 Å². The highest BCUT2D eigenvalue weighted by Crippen LogP contribution is 2.21. The van der Waals surface area contributed by atoms with Crippen LogP contribution in [0.25, 0.3) is 0 Å². The van der Waals surface area contributed by atoms with Crippen LogP contribution >= 0.6 is 0 Å². The van der Waals surface area contributed by atoms with E-state index in [4.69, 9.17) is 5.73 Å². The molecule has 6 heteroatoms. The molecule has 138 valence electrons. The first kappa shape index (κ1) is 18.4. The minimum atomic E-state index is -0.597. The summed E-state index contributed by atoms with van der Waals surface area (Å²) >= 11 is 0. The molecule has 0 saturated carbocycles. The van der Waals surface area contributed by atoms with Gasteiger partial charge in [0.1, 0.15) is 6.54 Å². The van der Waals surface area contributed by atoms with Crippen molar-refractivity contribution in [3.8, 4) is 0 Å². The van der Waals surface area contributed by atoms with Crippen molar-refractivity contribution in [3.63, 3.8) is 0 Å². The molecule has 1 amide bonds. The first-order valence-electron chi connectivity index (χ1n) is 8.75. The third-order valence-corrected chi connectivity index (χ3v) is 4.42. The molecule has 0 fully saturated rings. The van der Waals surface area contributed by atoms with Gasteiger partial charge in [0.2, 0.25) is 5.91 Å². The number of hydrogen-bond donors (Lipinski definition) is 2. The summed E-state index contributed by atoms with van der Waals surface area (Å²) in [6.07, 6.45) is 7.25. The van der Waals surface area contributed by atoms with Gasteiger partial charge in [-0.05, 0) is 30.2 Å². The lowest BCUT2D eigenvalue weighted by Crippen LogP contribution is -2.36. The first-order chi connectivity index (χ1) is 13.1. The van der Waals surface area contributed by atoms with Gasteiger partial charge in [-0.15, -0.1) is 0 Å². The van der Waals surface area contributed by atoms with E-state index in [0.29, 0.717) is 18.7 Å². The Morgan fingerprint density at radius 1 is 1.07 bits per heavy atom. The van der Waals surface area contributed by atoms with E-state index in [2.05, 4.69) is 5.32 Å². The van der Waals surface area contributed by atoms with Gasteiger partial charge in [-0.3, -0.25) is 14.4 Å². The number of allylic oxidation sites excluding steroid dienone is 4. The monoisotopic (exact) mass is 363 g/mol. The fraction of sp³-hybridized carbons (Fsp3) is 0.190. The molecule has 0 bridgehead atoms. The number of anilines is 1. The highest BCUT2D eigenvalue weighted by molar-refractivity contribution is 5.98. The Bertz CT molecular complexity index is 958. The predicted octanol–water partition coefficient (Wildman–Crippen LogP) is 1.57. The highest BCUT2D eigenvalue weighted by atomic mass is 16.2. The molecule has 1 aliphatic carbocycles. The number of pyridine rings is 1. The Morgan fingerprint density at radius 3 is 2.59 bits per heavy atom. The first-order valence-corrected chi connectivity index (χ1v) is 8.75. The molecular weight excluding hydrogens is 342 g/mol. The van der Waals surface area contributed by atoms with E-state index in [0.717, 1.165) is 5.56 Å². The van der Waals surface area contributed by atoms with Crippen molar-refractivity contribution < 1.29 is 9.59 Å². The fourth-order valence-electron chi connectivity index (χ4n) is 3.00. The van der Waals surface area contributed by atoms with Crippen molar-refractivity contribution in [2.24, 2.45) is 0 Å². The summed E-state index contributed by atoms with van der Waals surface area (Å²) in [4.78, 5) is 37.0. The highest BCUT2D eigenvalue weighted by Gasteiger charge is 2.22. The Hall–Kier alpha value is -3.41. The molecule has 3 rings (SSSR count). The van der Waals surface area contributed by atoms with Crippen LogP contribution in [0.2, 0.25) is 0 Å². The zero-order chi connectivity index (χ0) is 19.2. The second kappa shape index (κ2) is 8.31. The van der Waals surface area contributed by atoms with E-state index >= 15 is 0 Å². The standard InChI is InChI=1S/C21H21N3O3/c22-17-10-11-18(16-8-4-5-9-19(16)25)24(21(17)27)14-20(26)23-13-12-15-6-2-1-3-7-15/h1-11,16H,12-14,22H2,(H,23,26). The van der Waals surface area contributed by atoms with Crippen molar-refractivity contribution in [2.75, 3.05) is 12.3 Å². The van der Waals surface area contributed by atoms with Crippen LogP contribution in [0.4, 0.5) is 5.69 Å². The van der Waals surface area contributed by atoms with Gasteiger partial charge in [0.05, 0.1) is 11.6 Å². The number of nitrogens with two attached hydrogens (primary N) is 1. The molecule has 1 heterocycles. The van der Waals surface area contributed by atoms with Crippen LogP contribution in [0.3, 0.4) is 0 Å². The minimum Gasteiger partial charge on any atom is -0.394 e. The molecule has 3 N–H and O–H groups in total. The maximum atomic E-state index is 12.5. The second-order valence-corrected chi connectivity index (χ2v) is 6.31. The topological polar surface area (TPSA) is 94.2 Å². The van der Waals surface area contributed by atoms with Gasteiger partial charge in [-0.25, -0.2) is 0 Å². The third kappa shape index (κ3) is 4.41. The Balaban J connectivity index is 1.73. The van der Waals surface area contributed by atoms with Gasteiger partial charge in [0.15, 0.2) is 5.78 Å². The molecule has 1 unspecified atom stereocenters. The number of rotatable bonds is 6. The van der Waals surface area contributed by atoms with Crippen molar-refractivity contribution in [2.45, 2.75) is 18.9 Å². The molecule has 0 saturated heterocycles. The smallest absolute Gasteiger partial charge is 0.274 e. The van der Waals surface area contributed by atoms with Gasteiger partial charge in [0.25, 0.3) is 5.56 Å². The van der Waals surface area contributed by atoms with Gasteiger partial charge >= 0.3 is 0 Å².